The lowest BCUT2D eigenvalue weighted by molar-refractivity contribution is -0.125. The number of rotatable bonds is 6. The van der Waals surface area contributed by atoms with Crippen molar-refractivity contribution in [3.63, 3.8) is 0 Å². The molecule has 1 heterocycles. The molecule has 4 heteroatoms. The van der Waals surface area contributed by atoms with E-state index >= 15 is 0 Å². The largest absolute Gasteiger partial charge is 0.356 e. The van der Waals surface area contributed by atoms with Crippen LogP contribution in [0.25, 0.3) is 10.8 Å². The van der Waals surface area contributed by atoms with Crippen molar-refractivity contribution in [2.75, 3.05) is 12.3 Å². The van der Waals surface area contributed by atoms with E-state index in [2.05, 4.69) is 53.8 Å². The molecule has 33 heavy (non-hydrogen) atoms. The number of carbonyl (C=O) groups excluding carboxylic acids is 2. The lowest BCUT2D eigenvalue weighted by Crippen LogP contribution is -2.33. The average Bonchev–Trinajstić information content (AvgIpc) is 2.85. The molecular weight excluding hydrogens is 426 g/mol. The predicted molar refractivity (Wildman–Crippen MR) is 136 cm³/mol. The van der Waals surface area contributed by atoms with E-state index in [1.807, 2.05) is 6.07 Å². The van der Waals surface area contributed by atoms with Gasteiger partial charge in [-0.25, -0.2) is 0 Å². The number of benzene rings is 3. The van der Waals surface area contributed by atoms with E-state index in [1.54, 1.807) is 11.8 Å². The summed E-state index contributed by atoms with van der Waals surface area (Å²) in [6.07, 6.45) is 7.80. The third-order valence-electron chi connectivity index (χ3n) is 7.01. The van der Waals surface area contributed by atoms with Gasteiger partial charge in [0.15, 0.2) is 5.78 Å². The maximum absolute atomic E-state index is 12.9. The van der Waals surface area contributed by atoms with Gasteiger partial charge in [-0.3, -0.25) is 9.59 Å². The van der Waals surface area contributed by atoms with Crippen LogP contribution >= 0.6 is 11.8 Å². The van der Waals surface area contributed by atoms with E-state index in [-0.39, 0.29) is 17.6 Å². The second-order valence-electron chi connectivity index (χ2n) is 9.35. The molecule has 0 aromatic heterocycles. The number of nitrogens with one attached hydrogen (secondary N) is 1. The Morgan fingerprint density at radius 3 is 2.61 bits per heavy atom. The monoisotopic (exact) mass is 457 g/mol. The summed E-state index contributed by atoms with van der Waals surface area (Å²) >= 11 is 1.78. The van der Waals surface area contributed by atoms with Crippen molar-refractivity contribution < 1.29 is 9.59 Å². The highest BCUT2D eigenvalue weighted by Gasteiger charge is 2.23. The number of hydrogen-bond acceptors (Lipinski definition) is 3. The second kappa shape index (κ2) is 10.1. The Morgan fingerprint density at radius 2 is 1.79 bits per heavy atom. The zero-order valence-electron chi connectivity index (χ0n) is 19.1. The first kappa shape index (κ1) is 22.2. The van der Waals surface area contributed by atoms with Crippen molar-refractivity contribution in [1.29, 1.82) is 0 Å². The van der Waals surface area contributed by atoms with Gasteiger partial charge >= 0.3 is 0 Å². The summed E-state index contributed by atoms with van der Waals surface area (Å²) in [5, 5.41) is 5.42. The van der Waals surface area contributed by atoms with E-state index in [0.717, 1.165) is 65.5 Å². The van der Waals surface area contributed by atoms with Crippen LogP contribution < -0.4 is 5.32 Å². The third-order valence-corrected chi connectivity index (χ3v) is 8.07. The normalized spacial score (nSPS) is 16.5. The molecule has 5 rings (SSSR count). The summed E-state index contributed by atoms with van der Waals surface area (Å²) in [6.45, 7) is 0.615. The zero-order chi connectivity index (χ0) is 22.6. The lowest BCUT2D eigenvalue weighted by Gasteiger charge is -2.22. The molecule has 0 atom stereocenters. The summed E-state index contributed by atoms with van der Waals surface area (Å²) in [4.78, 5) is 26.7. The summed E-state index contributed by atoms with van der Waals surface area (Å²) in [5.74, 6) is 1.48. The van der Waals surface area contributed by atoms with Crippen LogP contribution in [0.4, 0.5) is 0 Å². The Morgan fingerprint density at radius 1 is 0.970 bits per heavy atom. The molecule has 3 aromatic rings. The van der Waals surface area contributed by atoms with Gasteiger partial charge in [0.25, 0.3) is 0 Å². The van der Waals surface area contributed by atoms with Crippen LogP contribution in [0, 0.1) is 5.92 Å². The summed E-state index contributed by atoms with van der Waals surface area (Å²) < 4.78 is 0. The van der Waals surface area contributed by atoms with Gasteiger partial charge in [0.05, 0.1) is 0 Å². The van der Waals surface area contributed by atoms with Crippen molar-refractivity contribution >= 4 is 34.2 Å². The lowest BCUT2D eigenvalue weighted by atomic mass is 9.88. The molecule has 1 fully saturated rings. The summed E-state index contributed by atoms with van der Waals surface area (Å²) in [6, 6.07) is 19.3. The molecule has 1 amide bonds. The molecule has 170 valence electrons. The Hall–Kier alpha value is -2.59. The van der Waals surface area contributed by atoms with Gasteiger partial charge in [-0.1, -0.05) is 67.8 Å². The van der Waals surface area contributed by atoms with Crippen LogP contribution in [0.15, 0.2) is 59.5 Å². The summed E-state index contributed by atoms with van der Waals surface area (Å²) in [5.41, 5.74) is 4.59. The smallest absolute Gasteiger partial charge is 0.223 e. The zero-order valence-corrected chi connectivity index (χ0v) is 19.9. The fourth-order valence-electron chi connectivity index (χ4n) is 5.34. The molecule has 3 aromatic carbocycles. The van der Waals surface area contributed by atoms with Gasteiger partial charge in [-0.05, 0) is 59.2 Å². The Balaban J connectivity index is 1.45. The van der Waals surface area contributed by atoms with Crippen LogP contribution in [0.2, 0.25) is 0 Å². The first-order chi connectivity index (χ1) is 16.2. The van der Waals surface area contributed by atoms with E-state index in [0.29, 0.717) is 13.0 Å². The molecule has 0 spiro atoms. The average molecular weight is 458 g/mol. The molecule has 2 aliphatic rings. The van der Waals surface area contributed by atoms with E-state index in [4.69, 9.17) is 0 Å². The first-order valence-electron chi connectivity index (χ1n) is 12.3. The minimum Gasteiger partial charge on any atom is -0.356 e. The van der Waals surface area contributed by atoms with Gasteiger partial charge in [-0.2, -0.15) is 0 Å². The predicted octanol–water partition coefficient (Wildman–Crippen LogP) is 6.35. The first-order valence-corrected chi connectivity index (χ1v) is 13.2. The van der Waals surface area contributed by atoms with Crippen molar-refractivity contribution in [3.05, 3.63) is 76.9 Å². The van der Waals surface area contributed by atoms with Crippen LogP contribution in [-0.4, -0.2) is 24.0 Å². The van der Waals surface area contributed by atoms with Crippen molar-refractivity contribution in [2.24, 2.45) is 5.92 Å². The Labute approximate surface area is 200 Å². The Bertz CT molecular complexity index is 1170. The van der Waals surface area contributed by atoms with Crippen LogP contribution in [0.1, 0.15) is 65.6 Å². The van der Waals surface area contributed by atoms with Gasteiger partial charge in [-0.15, -0.1) is 11.8 Å². The number of Topliss-reactive ketones (excluding diaryl/α,β-unsaturated/α-hetero) is 1. The maximum Gasteiger partial charge on any atom is 0.223 e. The number of thioether (sulfide) groups is 1. The summed E-state index contributed by atoms with van der Waals surface area (Å²) in [7, 11) is 0. The topological polar surface area (TPSA) is 46.2 Å². The van der Waals surface area contributed by atoms with Crippen molar-refractivity contribution in [3.8, 4) is 0 Å². The van der Waals surface area contributed by atoms with Gasteiger partial charge in [0.2, 0.25) is 5.91 Å². The highest BCUT2D eigenvalue weighted by atomic mass is 32.2. The highest BCUT2D eigenvalue weighted by molar-refractivity contribution is 7.99. The standard InChI is InChI=1S/C29H31NO2S/c31-25-14-16-33-26-12-11-23-18-21(17-20-7-3-1-4-8-20)19-24(27(23)28(25)26)13-15-30-29(32)22-9-5-2-6-10-22/h1,3-4,7-8,11-12,18-19,22H,2,5-6,9-10,13-17H2,(H,30,32). The van der Waals surface area contributed by atoms with Crippen molar-refractivity contribution in [2.45, 2.75) is 56.3 Å². The van der Waals surface area contributed by atoms with Crippen LogP contribution in [-0.2, 0) is 17.6 Å². The van der Waals surface area contributed by atoms with Gasteiger partial charge < -0.3 is 5.32 Å². The SMILES string of the molecule is O=C1CCSc2ccc3cc(Cc4ccccc4)cc(CCNC(=O)C4CCCCC4)c3c21. The maximum atomic E-state index is 12.9. The van der Waals surface area contributed by atoms with Gasteiger partial charge in [0.1, 0.15) is 0 Å². The highest BCUT2D eigenvalue weighted by Crippen LogP contribution is 2.37. The number of ketones is 1. The molecular formula is C29H31NO2S. The van der Waals surface area contributed by atoms with Crippen LogP contribution in [0.3, 0.4) is 0 Å². The number of amides is 1. The molecule has 0 saturated heterocycles. The van der Waals surface area contributed by atoms with E-state index in [9.17, 15) is 9.59 Å². The van der Waals surface area contributed by atoms with Crippen molar-refractivity contribution in [1.82, 2.24) is 5.32 Å². The molecule has 1 aliphatic carbocycles. The number of fused-ring (bicyclic) bond motifs is 3. The minimum atomic E-state index is 0.172. The fourth-order valence-corrected chi connectivity index (χ4v) is 6.37. The second-order valence-corrected chi connectivity index (χ2v) is 10.5. The quantitative estimate of drug-likeness (QED) is 0.469. The number of hydrogen-bond donors (Lipinski definition) is 1. The third kappa shape index (κ3) is 5.01. The minimum absolute atomic E-state index is 0.172. The molecule has 0 bridgehead atoms. The van der Waals surface area contributed by atoms with E-state index in [1.165, 1.54) is 23.1 Å². The molecule has 3 nitrogen and oxygen atoms in total. The molecule has 0 unspecified atom stereocenters. The number of carbonyl (C=O) groups is 2. The van der Waals surface area contributed by atoms with Gasteiger partial charge in [0, 0.05) is 35.1 Å². The molecule has 1 saturated carbocycles. The molecule has 1 aliphatic heterocycles. The fraction of sp³-hybridized carbons (Fsp3) is 0.379. The molecule has 1 N–H and O–H groups in total. The van der Waals surface area contributed by atoms with Crippen LogP contribution in [0.5, 0.6) is 0 Å². The Kier molecular flexibility index (Phi) is 6.82. The molecule has 0 radical (unpaired) electrons. The van der Waals surface area contributed by atoms with E-state index < -0.39 is 0 Å².